The SMILES string of the molecule is CCCC(C)COc1cc(F)ccc1C. The Morgan fingerprint density at radius 1 is 1.40 bits per heavy atom. The lowest BCUT2D eigenvalue weighted by atomic mass is 10.1. The number of ether oxygens (including phenoxy) is 1. The lowest BCUT2D eigenvalue weighted by Gasteiger charge is -2.13. The van der Waals surface area contributed by atoms with Crippen molar-refractivity contribution in [2.75, 3.05) is 6.61 Å². The van der Waals surface area contributed by atoms with Gasteiger partial charge in [-0.3, -0.25) is 0 Å². The molecule has 0 heterocycles. The van der Waals surface area contributed by atoms with E-state index in [2.05, 4.69) is 13.8 Å². The normalized spacial score (nSPS) is 12.5. The molecule has 0 saturated carbocycles. The van der Waals surface area contributed by atoms with Crippen LogP contribution in [0.2, 0.25) is 0 Å². The molecular formula is C13H19FO. The van der Waals surface area contributed by atoms with Crippen molar-refractivity contribution in [3.63, 3.8) is 0 Å². The van der Waals surface area contributed by atoms with Crippen LogP contribution in [0, 0.1) is 18.7 Å². The molecule has 0 amide bonds. The average molecular weight is 210 g/mol. The molecule has 0 bridgehead atoms. The maximum absolute atomic E-state index is 12.9. The van der Waals surface area contributed by atoms with E-state index >= 15 is 0 Å². The Bertz CT molecular complexity index is 309. The minimum Gasteiger partial charge on any atom is -0.493 e. The molecule has 1 rings (SSSR count). The number of benzene rings is 1. The summed E-state index contributed by atoms with van der Waals surface area (Å²) >= 11 is 0. The van der Waals surface area contributed by atoms with E-state index in [1.165, 1.54) is 12.1 Å². The zero-order chi connectivity index (χ0) is 11.3. The molecular weight excluding hydrogens is 191 g/mol. The minimum absolute atomic E-state index is 0.237. The molecule has 0 radical (unpaired) electrons. The van der Waals surface area contributed by atoms with Gasteiger partial charge in [-0.05, 0) is 30.9 Å². The molecule has 1 aromatic carbocycles. The molecule has 0 saturated heterocycles. The van der Waals surface area contributed by atoms with Crippen molar-refractivity contribution in [1.82, 2.24) is 0 Å². The Labute approximate surface area is 91.3 Å². The largest absolute Gasteiger partial charge is 0.493 e. The van der Waals surface area contributed by atoms with Gasteiger partial charge in [-0.1, -0.05) is 26.3 Å². The predicted octanol–water partition coefficient (Wildman–Crippen LogP) is 3.95. The molecule has 0 fully saturated rings. The first-order valence-corrected chi connectivity index (χ1v) is 5.52. The second-order valence-corrected chi connectivity index (χ2v) is 4.11. The van der Waals surface area contributed by atoms with E-state index in [9.17, 15) is 4.39 Å². The standard InChI is InChI=1S/C13H19FO/c1-4-5-10(2)9-15-13-8-12(14)7-6-11(13)3/h6-8,10H,4-5,9H2,1-3H3. The van der Waals surface area contributed by atoms with Crippen molar-refractivity contribution in [2.45, 2.75) is 33.6 Å². The smallest absolute Gasteiger partial charge is 0.126 e. The number of halogens is 1. The van der Waals surface area contributed by atoms with Crippen molar-refractivity contribution < 1.29 is 9.13 Å². The summed E-state index contributed by atoms with van der Waals surface area (Å²) in [6, 6.07) is 4.65. The summed E-state index contributed by atoms with van der Waals surface area (Å²) in [6.07, 6.45) is 2.31. The van der Waals surface area contributed by atoms with Gasteiger partial charge in [0.2, 0.25) is 0 Å². The Balaban J connectivity index is 2.53. The van der Waals surface area contributed by atoms with Crippen LogP contribution in [0.15, 0.2) is 18.2 Å². The molecule has 0 aromatic heterocycles. The highest BCUT2D eigenvalue weighted by atomic mass is 19.1. The van der Waals surface area contributed by atoms with E-state index in [-0.39, 0.29) is 5.82 Å². The molecule has 0 aliphatic heterocycles. The average Bonchev–Trinajstić information content (AvgIpc) is 2.20. The molecule has 84 valence electrons. The lowest BCUT2D eigenvalue weighted by molar-refractivity contribution is 0.249. The van der Waals surface area contributed by atoms with Crippen LogP contribution in [-0.4, -0.2) is 6.61 Å². The predicted molar refractivity (Wildman–Crippen MR) is 60.7 cm³/mol. The summed E-state index contributed by atoms with van der Waals surface area (Å²) in [6.45, 7) is 6.90. The summed E-state index contributed by atoms with van der Waals surface area (Å²) in [5.74, 6) is 0.953. The van der Waals surface area contributed by atoms with Crippen LogP contribution in [0.5, 0.6) is 5.75 Å². The van der Waals surface area contributed by atoms with Crippen molar-refractivity contribution in [3.8, 4) is 5.75 Å². The summed E-state index contributed by atoms with van der Waals surface area (Å²) in [5.41, 5.74) is 0.986. The van der Waals surface area contributed by atoms with Gasteiger partial charge in [-0.25, -0.2) is 4.39 Å². The van der Waals surface area contributed by atoms with Crippen molar-refractivity contribution in [1.29, 1.82) is 0 Å². The number of hydrogen-bond acceptors (Lipinski definition) is 1. The highest BCUT2D eigenvalue weighted by Gasteiger charge is 2.05. The summed E-state index contributed by atoms with van der Waals surface area (Å²) < 4.78 is 18.5. The second kappa shape index (κ2) is 5.74. The Morgan fingerprint density at radius 3 is 2.80 bits per heavy atom. The van der Waals surface area contributed by atoms with E-state index in [1.807, 2.05) is 6.92 Å². The number of rotatable bonds is 5. The monoisotopic (exact) mass is 210 g/mol. The van der Waals surface area contributed by atoms with E-state index < -0.39 is 0 Å². The molecule has 1 atom stereocenters. The zero-order valence-electron chi connectivity index (χ0n) is 9.72. The molecule has 0 aliphatic rings. The topological polar surface area (TPSA) is 9.23 Å². The van der Waals surface area contributed by atoms with Gasteiger partial charge in [-0.15, -0.1) is 0 Å². The summed E-state index contributed by atoms with van der Waals surface area (Å²) in [4.78, 5) is 0. The number of aryl methyl sites for hydroxylation is 1. The third kappa shape index (κ3) is 3.90. The Morgan fingerprint density at radius 2 is 2.13 bits per heavy atom. The van der Waals surface area contributed by atoms with Crippen LogP contribution in [0.4, 0.5) is 4.39 Å². The van der Waals surface area contributed by atoms with Crippen LogP contribution in [0.1, 0.15) is 32.3 Å². The van der Waals surface area contributed by atoms with Crippen LogP contribution < -0.4 is 4.74 Å². The summed E-state index contributed by atoms with van der Waals surface area (Å²) in [7, 11) is 0. The fourth-order valence-corrected chi connectivity index (χ4v) is 1.54. The second-order valence-electron chi connectivity index (χ2n) is 4.11. The van der Waals surface area contributed by atoms with E-state index in [4.69, 9.17) is 4.74 Å². The quantitative estimate of drug-likeness (QED) is 0.715. The fraction of sp³-hybridized carbons (Fsp3) is 0.538. The molecule has 2 heteroatoms. The molecule has 0 aliphatic carbocycles. The van der Waals surface area contributed by atoms with Crippen molar-refractivity contribution >= 4 is 0 Å². The van der Waals surface area contributed by atoms with Crippen LogP contribution >= 0.6 is 0 Å². The van der Waals surface area contributed by atoms with Gasteiger partial charge in [0.15, 0.2) is 0 Å². The van der Waals surface area contributed by atoms with Crippen molar-refractivity contribution in [2.24, 2.45) is 5.92 Å². The zero-order valence-corrected chi connectivity index (χ0v) is 9.72. The van der Waals surface area contributed by atoms with Gasteiger partial charge in [0.25, 0.3) is 0 Å². The Hall–Kier alpha value is -1.05. The van der Waals surface area contributed by atoms with Gasteiger partial charge in [-0.2, -0.15) is 0 Å². The van der Waals surface area contributed by atoms with Gasteiger partial charge in [0.1, 0.15) is 11.6 Å². The van der Waals surface area contributed by atoms with Gasteiger partial charge < -0.3 is 4.74 Å². The molecule has 1 nitrogen and oxygen atoms in total. The molecule has 15 heavy (non-hydrogen) atoms. The minimum atomic E-state index is -0.237. The van der Waals surface area contributed by atoms with Crippen LogP contribution in [0.3, 0.4) is 0 Å². The number of hydrogen-bond donors (Lipinski definition) is 0. The third-order valence-corrected chi connectivity index (χ3v) is 2.46. The first-order chi connectivity index (χ1) is 7.13. The van der Waals surface area contributed by atoms with Crippen LogP contribution in [0.25, 0.3) is 0 Å². The third-order valence-electron chi connectivity index (χ3n) is 2.46. The maximum atomic E-state index is 12.9. The van der Waals surface area contributed by atoms with E-state index in [0.717, 1.165) is 18.4 Å². The van der Waals surface area contributed by atoms with Gasteiger partial charge in [0.05, 0.1) is 6.61 Å². The van der Waals surface area contributed by atoms with E-state index in [1.54, 1.807) is 6.07 Å². The van der Waals surface area contributed by atoms with Crippen LogP contribution in [-0.2, 0) is 0 Å². The molecule has 1 unspecified atom stereocenters. The van der Waals surface area contributed by atoms with E-state index in [0.29, 0.717) is 18.3 Å². The summed E-state index contributed by atoms with van der Waals surface area (Å²) in [5, 5.41) is 0. The van der Waals surface area contributed by atoms with Crippen molar-refractivity contribution in [3.05, 3.63) is 29.6 Å². The molecule has 1 aromatic rings. The fourth-order valence-electron chi connectivity index (χ4n) is 1.54. The van der Waals surface area contributed by atoms with Gasteiger partial charge >= 0.3 is 0 Å². The molecule has 0 N–H and O–H groups in total. The molecule has 0 spiro atoms. The first-order valence-electron chi connectivity index (χ1n) is 5.52. The lowest BCUT2D eigenvalue weighted by Crippen LogP contribution is -2.08. The Kier molecular flexibility index (Phi) is 4.60. The highest BCUT2D eigenvalue weighted by molar-refractivity contribution is 5.32. The van der Waals surface area contributed by atoms with Gasteiger partial charge in [0, 0.05) is 6.07 Å². The first kappa shape index (κ1) is 12.0. The maximum Gasteiger partial charge on any atom is 0.126 e. The highest BCUT2D eigenvalue weighted by Crippen LogP contribution is 2.20.